The minimum Gasteiger partial charge on any atom is -0.347 e. The average Bonchev–Trinajstić information content (AvgIpc) is 2.36. The van der Waals surface area contributed by atoms with Gasteiger partial charge in [-0.25, -0.2) is 0 Å². The second-order valence-electron chi connectivity index (χ2n) is 4.18. The van der Waals surface area contributed by atoms with Crippen molar-refractivity contribution in [2.75, 3.05) is 12.9 Å². The lowest BCUT2D eigenvalue weighted by Gasteiger charge is -2.22. The quantitative estimate of drug-likeness (QED) is 0.567. The number of hydrogen-bond acceptors (Lipinski definition) is 6. The van der Waals surface area contributed by atoms with Gasteiger partial charge in [-0.2, -0.15) is 8.42 Å². The van der Waals surface area contributed by atoms with Crippen molar-refractivity contribution >= 4 is 26.9 Å². The summed E-state index contributed by atoms with van der Waals surface area (Å²) in [6, 6.07) is 0. The molecule has 1 atom stereocenters. The Hall–Kier alpha value is -0.370. The number of rotatable bonds is 3. The van der Waals surface area contributed by atoms with Crippen molar-refractivity contribution in [2.24, 2.45) is 5.16 Å². The Morgan fingerprint density at radius 1 is 1.44 bits per heavy atom. The van der Waals surface area contributed by atoms with E-state index in [1.54, 1.807) is 20.8 Å². The van der Waals surface area contributed by atoms with Crippen molar-refractivity contribution in [3.05, 3.63) is 0 Å². The number of hydrogen-bond donors (Lipinski definition) is 0. The molecule has 0 radical (unpaired) electrons. The largest absolute Gasteiger partial charge is 0.347 e. The van der Waals surface area contributed by atoms with Crippen molar-refractivity contribution < 1.29 is 22.2 Å². The van der Waals surface area contributed by atoms with E-state index in [1.165, 1.54) is 0 Å². The first-order chi connectivity index (χ1) is 7.04. The molecule has 16 heavy (non-hydrogen) atoms. The second kappa shape index (κ2) is 4.14. The van der Waals surface area contributed by atoms with Gasteiger partial charge in [-0.15, -0.1) is 0 Å². The normalized spacial score (nSPS) is 30.4. The molecule has 8 heteroatoms. The lowest BCUT2D eigenvalue weighted by molar-refractivity contribution is -0.144. The first-order valence-corrected chi connectivity index (χ1v) is 6.70. The van der Waals surface area contributed by atoms with E-state index in [0.717, 1.165) is 6.26 Å². The van der Waals surface area contributed by atoms with Gasteiger partial charge in [-0.05, 0) is 20.8 Å². The second-order valence-corrected chi connectivity index (χ2v) is 6.10. The number of nitrogens with zero attached hydrogens (tertiary/aromatic N) is 1. The summed E-state index contributed by atoms with van der Waals surface area (Å²) in [6.45, 7) is 5.26. The summed E-state index contributed by atoms with van der Waals surface area (Å²) in [5.41, 5.74) is -0.990. The van der Waals surface area contributed by atoms with E-state index in [0.29, 0.717) is 0 Å². The topological polar surface area (TPSA) is 74.2 Å². The Morgan fingerprint density at radius 2 is 2.00 bits per heavy atom. The lowest BCUT2D eigenvalue weighted by atomic mass is 10.1. The van der Waals surface area contributed by atoms with Gasteiger partial charge >= 0.3 is 10.1 Å². The third-order valence-corrected chi connectivity index (χ3v) is 2.67. The zero-order chi connectivity index (χ0) is 12.6. The Balaban J connectivity index is 2.78. The summed E-state index contributed by atoms with van der Waals surface area (Å²) in [5, 5.41) is 3.20. The van der Waals surface area contributed by atoms with E-state index in [4.69, 9.17) is 21.1 Å². The summed E-state index contributed by atoms with van der Waals surface area (Å²) in [5.74, 6) is -0.782. The van der Waals surface area contributed by atoms with Gasteiger partial charge in [-0.3, -0.25) is 4.28 Å². The maximum absolute atomic E-state index is 10.7. The molecule has 6 nitrogen and oxygen atoms in total. The van der Waals surface area contributed by atoms with Crippen LogP contribution in [0.3, 0.4) is 0 Å². The summed E-state index contributed by atoms with van der Waals surface area (Å²) in [6.07, 6.45) is 0.874. The molecule has 0 aromatic carbocycles. The SMILES string of the molecule is CC1(C)OC[C@@](C)(C(Cl)=NOS(C)(=O)=O)O1. The standard InChI is InChI=1S/C8H14ClNO5S/c1-7(2)13-5-8(3,14-7)6(9)10-15-16(4,11)12/h5H2,1-4H3/t8-/m0/s1. The molecule has 0 aromatic rings. The maximum Gasteiger partial charge on any atom is 0.325 e. The van der Waals surface area contributed by atoms with Crippen LogP contribution < -0.4 is 0 Å². The van der Waals surface area contributed by atoms with Crippen LogP contribution in [0.5, 0.6) is 0 Å². The van der Waals surface area contributed by atoms with Crippen molar-refractivity contribution in [3.63, 3.8) is 0 Å². The molecule has 1 aliphatic rings. The summed E-state index contributed by atoms with van der Waals surface area (Å²) >= 11 is 5.82. The van der Waals surface area contributed by atoms with Gasteiger partial charge in [0.05, 0.1) is 12.9 Å². The van der Waals surface area contributed by atoms with Crippen LogP contribution in [0.4, 0.5) is 0 Å². The van der Waals surface area contributed by atoms with E-state index < -0.39 is 21.5 Å². The minimum absolute atomic E-state index is 0.108. The fraction of sp³-hybridized carbons (Fsp3) is 0.875. The summed E-state index contributed by atoms with van der Waals surface area (Å²) in [4.78, 5) is 0. The number of ether oxygens (including phenoxy) is 2. The smallest absolute Gasteiger partial charge is 0.325 e. The molecule has 0 unspecified atom stereocenters. The van der Waals surface area contributed by atoms with Crippen molar-refractivity contribution in [1.29, 1.82) is 0 Å². The fourth-order valence-electron chi connectivity index (χ4n) is 1.21. The fourth-order valence-corrected chi connectivity index (χ4v) is 1.59. The van der Waals surface area contributed by atoms with Crippen LogP contribution in [0.15, 0.2) is 5.16 Å². The summed E-state index contributed by atoms with van der Waals surface area (Å²) in [7, 11) is -3.67. The van der Waals surface area contributed by atoms with Crippen LogP contribution in [-0.2, 0) is 23.9 Å². The maximum atomic E-state index is 10.7. The zero-order valence-corrected chi connectivity index (χ0v) is 11.1. The highest BCUT2D eigenvalue weighted by molar-refractivity contribution is 7.85. The van der Waals surface area contributed by atoms with Gasteiger partial charge in [-0.1, -0.05) is 16.8 Å². The first kappa shape index (κ1) is 13.7. The minimum atomic E-state index is -3.67. The molecule has 0 amide bonds. The molecule has 0 saturated carbocycles. The Kier molecular flexibility index (Phi) is 3.54. The molecule has 0 N–H and O–H groups in total. The third-order valence-electron chi connectivity index (χ3n) is 1.86. The molecule has 1 heterocycles. The van der Waals surface area contributed by atoms with E-state index in [9.17, 15) is 8.42 Å². The molecule has 94 valence electrons. The van der Waals surface area contributed by atoms with Crippen LogP contribution in [0, 0.1) is 0 Å². The van der Waals surface area contributed by atoms with Gasteiger partial charge in [0, 0.05) is 0 Å². The molecule has 1 saturated heterocycles. The van der Waals surface area contributed by atoms with Crippen molar-refractivity contribution in [2.45, 2.75) is 32.2 Å². The molecular weight excluding hydrogens is 258 g/mol. The highest BCUT2D eigenvalue weighted by Gasteiger charge is 2.45. The summed E-state index contributed by atoms with van der Waals surface area (Å²) < 4.78 is 36.5. The van der Waals surface area contributed by atoms with Crippen molar-refractivity contribution in [3.8, 4) is 0 Å². The zero-order valence-electron chi connectivity index (χ0n) is 9.48. The van der Waals surface area contributed by atoms with Crippen LogP contribution in [0.1, 0.15) is 20.8 Å². The molecule has 0 aliphatic carbocycles. The molecule has 1 aliphatic heterocycles. The Labute approximate surface area is 99.6 Å². The van der Waals surface area contributed by atoms with Crippen LogP contribution >= 0.6 is 11.6 Å². The molecule has 0 spiro atoms. The number of halogens is 1. The third kappa shape index (κ3) is 3.58. The van der Waals surface area contributed by atoms with Crippen LogP contribution in [0.25, 0.3) is 0 Å². The predicted octanol–water partition coefficient (Wildman–Crippen LogP) is 1.06. The molecular formula is C8H14ClNO5S. The van der Waals surface area contributed by atoms with E-state index in [-0.39, 0.29) is 11.8 Å². The monoisotopic (exact) mass is 271 g/mol. The van der Waals surface area contributed by atoms with Gasteiger partial charge in [0.1, 0.15) is 5.60 Å². The van der Waals surface area contributed by atoms with Gasteiger partial charge < -0.3 is 9.47 Å². The van der Waals surface area contributed by atoms with Crippen LogP contribution in [-0.4, -0.2) is 37.8 Å². The van der Waals surface area contributed by atoms with Crippen molar-refractivity contribution in [1.82, 2.24) is 0 Å². The molecule has 0 aromatic heterocycles. The van der Waals surface area contributed by atoms with E-state index >= 15 is 0 Å². The van der Waals surface area contributed by atoms with E-state index in [2.05, 4.69) is 9.44 Å². The van der Waals surface area contributed by atoms with E-state index in [1.807, 2.05) is 0 Å². The average molecular weight is 272 g/mol. The first-order valence-electron chi connectivity index (χ1n) is 4.51. The molecule has 1 rings (SSSR count). The Morgan fingerprint density at radius 3 is 2.38 bits per heavy atom. The van der Waals surface area contributed by atoms with Crippen LogP contribution in [0.2, 0.25) is 0 Å². The predicted molar refractivity (Wildman–Crippen MR) is 58.7 cm³/mol. The lowest BCUT2D eigenvalue weighted by Crippen LogP contribution is -2.37. The van der Waals surface area contributed by atoms with Gasteiger partial charge in [0.25, 0.3) is 0 Å². The van der Waals surface area contributed by atoms with Gasteiger partial charge in [0.15, 0.2) is 11.0 Å². The highest BCUT2D eigenvalue weighted by Crippen LogP contribution is 2.32. The van der Waals surface area contributed by atoms with Gasteiger partial charge in [0.2, 0.25) is 0 Å². The number of oxime groups is 1. The molecule has 0 bridgehead atoms. The highest BCUT2D eigenvalue weighted by atomic mass is 35.5. The Bertz CT molecular complexity index is 405. The molecule has 1 fully saturated rings.